The number of nitrogens with zero attached hydrogens (tertiary/aromatic N) is 2. The summed E-state index contributed by atoms with van der Waals surface area (Å²) in [5.41, 5.74) is 4.56. The van der Waals surface area contributed by atoms with Gasteiger partial charge in [0.15, 0.2) is 0 Å². The van der Waals surface area contributed by atoms with Crippen LogP contribution in [0.2, 0.25) is 0 Å². The first kappa shape index (κ1) is 13.1. The maximum atomic E-state index is 14.1. The number of hydrogen-bond donors (Lipinski definition) is 1. The third-order valence-corrected chi connectivity index (χ3v) is 4.03. The van der Waals surface area contributed by atoms with E-state index in [1.54, 1.807) is 12.1 Å². The summed E-state index contributed by atoms with van der Waals surface area (Å²) in [6.45, 7) is 2.92. The zero-order chi connectivity index (χ0) is 15.1. The number of aromatic nitrogens is 2. The standard InChI is InChI=1S/C18H16FN3/c1-12-5-4-6-13(11-12)22-18-15(9-10-20-18)17(21-22)14-7-2-3-8-16(14)19/h2-8,11,20H,9-10H2,1H3. The van der Waals surface area contributed by atoms with Crippen molar-refractivity contribution in [3.05, 3.63) is 65.5 Å². The number of halogens is 1. The largest absolute Gasteiger partial charge is 0.369 e. The summed E-state index contributed by atoms with van der Waals surface area (Å²) in [4.78, 5) is 0. The smallest absolute Gasteiger partial charge is 0.133 e. The summed E-state index contributed by atoms with van der Waals surface area (Å²) in [6, 6.07) is 15.0. The van der Waals surface area contributed by atoms with Crippen LogP contribution in [0.4, 0.5) is 10.2 Å². The second kappa shape index (κ2) is 4.98. The monoisotopic (exact) mass is 293 g/mol. The number of fused-ring (bicyclic) bond motifs is 1. The molecule has 0 aliphatic carbocycles. The van der Waals surface area contributed by atoms with Crippen LogP contribution in [0, 0.1) is 12.7 Å². The minimum absolute atomic E-state index is 0.230. The molecule has 0 bridgehead atoms. The lowest BCUT2D eigenvalue weighted by Crippen LogP contribution is -2.04. The van der Waals surface area contributed by atoms with E-state index in [4.69, 9.17) is 0 Å². The van der Waals surface area contributed by atoms with E-state index in [9.17, 15) is 4.39 Å². The average Bonchev–Trinajstić information content (AvgIpc) is 3.10. The minimum Gasteiger partial charge on any atom is -0.369 e. The van der Waals surface area contributed by atoms with Gasteiger partial charge in [-0.15, -0.1) is 0 Å². The molecule has 1 aliphatic rings. The SMILES string of the molecule is Cc1cccc(-n2nc(-c3ccccc3F)c3c2NCC3)c1. The first-order valence-corrected chi connectivity index (χ1v) is 7.42. The minimum atomic E-state index is -0.230. The number of anilines is 1. The Labute approximate surface area is 128 Å². The molecule has 22 heavy (non-hydrogen) atoms. The Morgan fingerprint density at radius 3 is 2.82 bits per heavy atom. The van der Waals surface area contributed by atoms with Crippen molar-refractivity contribution in [3.63, 3.8) is 0 Å². The van der Waals surface area contributed by atoms with Gasteiger partial charge in [-0.2, -0.15) is 5.10 Å². The molecule has 4 heteroatoms. The Hall–Kier alpha value is -2.62. The summed E-state index contributed by atoms with van der Waals surface area (Å²) in [5, 5.41) is 8.06. The molecule has 3 aromatic rings. The van der Waals surface area contributed by atoms with Gasteiger partial charge in [0.1, 0.15) is 17.3 Å². The molecule has 4 rings (SSSR count). The number of hydrogen-bond acceptors (Lipinski definition) is 2. The predicted molar refractivity (Wildman–Crippen MR) is 85.9 cm³/mol. The van der Waals surface area contributed by atoms with E-state index in [1.165, 1.54) is 11.6 Å². The molecule has 0 unspecified atom stereocenters. The second-order valence-electron chi connectivity index (χ2n) is 5.58. The van der Waals surface area contributed by atoms with Crippen molar-refractivity contribution in [2.75, 3.05) is 11.9 Å². The van der Waals surface area contributed by atoms with Crippen LogP contribution in [0.1, 0.15) is 11.1 Å². The van der Waals surface area contributed by atoms with Crippen LogP contribution in [0.15, 0.2) is 48.5 Å². The van der Waals surface area contributed by atoms with Gasteiger partial charge < -0.3 is 5.32 Å². The molecule has 0 saturated heterocycles. The fourth-order valence-corrected chi connectivity index (χ4v) is 2.99. The second-order valence-corrected chi connectivity index (χ2v) is 5.58. The summed E-state index contributed by atoms with van der Waals surface area (Å²) in [5.74, 6) is 0.745. The van der Waals surface area contributed by atoms with Crippen molar-refractivity contribution in [2.24, 2.45) is 0 Å². The van der Waals surface area contributed by atoms with Gasteiger partial charge >= 0.3 is 0 Å². The molecule has 2 heterocycles. The molecule has 1 N–H and O–H groups in total. The van der Waals surface area contributed by atoms with Crippen molar-refractivity contribution in [1.82, 2.24) is 9.78 Å². The lowest BCUT2D eigenvalue weighted by molar-refractivity contribution is 0.630. The molecule has 1 aliphatic heterocycles. The average molecular weight is 293 g/mol. The highest BCUT2D eigenvalue weighted by atomic mass is 19.1. The Balaban J connectivity index is 1.93. The summed E-state index contributed by atoms with van der Waals surface area (Å²) < 4.78 is 16.0. The van der Waals surface area contributed by atoms with Crippen LogP contribution in [-0.2, 0) is 6.42 Å². The van der Waals surface area contributed by atoms with Crippen LogP contribution < -0.4 is 5.32 Å². The van der Waals surface area contributed by atoms with Gasteiger partial charge in [0.25, 0.3) is 0 Å². The lowest BCUT2D eigenvalue weighted by atomic mass is 10.1. The van der Waals surface area contributed by atoms with Crippen molar-refractivity contribution < 1.29 is 4.39 Å². The maximum Gasteiger partial charge on any atom is 0.133 e. The molecule has 1 aromatic heterocycles. The Kier molecular flexibility index (Phi) is 2.96. The van der Waals surface area contributed by atoms with Gasteiger partial charge in [-0.3, -0.25) is 0 Å². The molecule has 0 spiro atoms. The van der Waals surface area contributed by atoms with Gasteiger partial charge in [-0.1, -0.05) is 24.3 Å². The van der Waals surface area contributed by atoms with Crippen molar-refractivity contribution in [2.45, 2.75) is 13.3 Å². The first-order valence-electron chi connectivity index (χ1n) is 7.42. The number of rotatable bonds is 2. The van der Waals surface area contributed by atoms with E-state index < -0.39 is 0 Å². The topological polar surface area (TPSA) is 29.9 Å². The number of benzene rings is 2. The summed E-state index contributed by atoms with van der Waals surface area (Å²) in [6.07, 6.45) is 0.866. The van der Waals surface area contributed by atoms with Crippen molar-refractivity contribution >= 4 is 5.82 Å². The molecule has 0 fully saturated rings. The highest BCUT2D eigenvalue weighted by Crippen LogP contribution is 2.35. The third-order valence-electron chi connectivity index (χ3n) is 4.03. The van der Waals surface area contributed by atoms with E-state index >= 15 is 0 Å². The van der Waals surface area contributed by atoms with Gasteiger partial charge in [-0.25, -0.2) is 9.07 Å². The lowest BCUT2D eigenvalue weighted by Gasteiger charge is -2.07. The Bertz CT molecular complexity index is 851. The van der Waals surface area contributed by atoms with Crippen LogP contribution in [-0.4, -0.2) is 16.3 Å². The van der Waals surface area contributed by atoms with E-state index in [1.807, 2.05) is 22.9 Å². The molecule has 110 valence electrons. The van der Waals surface area contributed by atoms with Crippen molar-refractivity contribution in [3.8, 4) is 16.9 Å². The zero-order valence-electron chi connectivity index (χ0n) is 12.3. The fourth-order valence-electron chi connectivity index (χ4n) is 2.99. The predicted octanol–water partition coefficient (Wildman–Crippen LogP) is 3.95. The molecule has 0 amide bonds. The molecule has 2 aromatic carbocycles. The molecule has 0 radical (unpaired) electrons. The number of nitrogens with one attached hydrogen (secondary N) is 1. The maximum absolute atomic E-state index is 14.1. The van der Waals surface area contributed by atoms with Crippen LogP contribution in [0.5, 0.6) is 0 Å². The molecular weight excluding hydrogens is 277 g/mol. The molecule has 3 nitrogen and oxygen atoms in total. The van der Waals surface area contributed by atoms with Gasteiger partial charge in [0.2, 0.25) is 0 Å². The highest BCUT2D eigenvalue weighted by molar-refractivity contribution is 5.73. The van der Waals surface area contributed by atoms with E-state index in [0.29, 0.717) is 5.56 Å². The fraction of sp³-hybridized carbons (Fsp3) is 0.167. The highest BCUT2D eigenvalue weighted by Gasteiger charge is 2.25. The zero-order valence-corrected chi connectivity index (χ0v) is 12.3. The third kappa shape index (κ3) is 1.99. The van der Waals surface area contributed by atoms with E-state index in [-0.39, 0.29) is 5.82 Å². The van der Waals surface area contributed by atoms with Gasteiger partial charge in [0, 0.05) is 17.7 Å². The van der Waals surface area contributed by atoms with Crippen LogP contribution in [0.3, 0.4) is 0 Å². The Morgan fingerprint density at radius 2 is 2.00 bits per heavy atom. The summed E-state index contributed by atoms with van der Waals surface area (Å²) >= 11 is 0. The Morgan fingerprint density at radius 1 is 1.14 bits per heavy atom. The van der Waals surface area contributed by atoms with E-state index in [2.05, 4.69) is 29.5 Å². The quantitative estimate of drug-likeness (QED) is 0.775. The normalized spacial score (nSPS) is 13.0. The molecule has 0 saturated carbocycles. The molecule has 0 atom stereocenters. The van der Waals surface area contributed by atoms with Crippen molar-refractivity contribution in [1.29, 1.82) is 0 Å². The van der Waals surface area contributed by atoms with Gasteiger partial charge in [-0.05, 0) is 43.2 Å². The van der Waals surface area contributed by atoms with E-state index in [0.717, 1.165) is 35.7 Å². The summed E-state index contributed by atoms with van der Waals surface area (Å²) in [7, 11) is 0. The van der Waals surface area contributed by atoms with Gasteiger partial charge in [0.05, 0.1) is 5.69 Å². The first-order chi connectivity index (χ1) is 10.7. The van der Waals surface area contributed by atoms with Crippen LogP contribution in [0.25, 0.3) is 16.9 Å². The van der Waals surface area contributed by atoms with Crippen LogP contribution >= 0.6 is 0 Å². The number of aryl methyl sites for hydroxylation is 1. The molecular formula is C18H16FN3.